The Labute approximate surface area is 157 Å². The Morgan fingerprint density at radius 2 is 1.41 bits per heavy atom. The molecule has 27 heavy (non-hydrogen) atoms. The zero-order valence-electron chi connectivity index (χ0n) is 16.0. The van der Waals surface area contributed by atoms with Crippen molar-refractivity contribution in [3.05, 3.63) is 54.0 Å². The topological polar surface area (TPSA) is 41.9 Å². The monoisotopic (exact) mass is 371 g/mol. The average molecular weight is 371 g/mol. The van der Waals surface area contributed by atoms with E-state index in [9.17, 15) is 4.39 Å². The van der Waals surface area contributed by atoms with E-state index >= 15 is 0 Å². The fraction of sp³-hybridized carbons (Fsp3) is 0.238. The van der Waals surface area contributed by atoms with Crippen molar-refractivity contribution >= 4 is 0 Å². The molecule has 2 aromatic carbocycles. The van der Waals surface area contributed by atoms with Gasteiger partial charge in [0, 0.05) is 23.0 Å². The van der Waals surface area contributed by atoms with Gasteiger partial charge in [0.1, 0.15) is 0 Å². The van der Waals surface area contributed by atoms with E-state index in [1.807, 2.05) is 41.8 Å². The van der Waals surface area contributed by atoms with Crippen LogP contribution in [-0.4, -0.2) is 33.0 Å². The minimum Gasteiger partial charge on any atom is -0.494 e. The highest BCUT2D eigenvalue weighted by Gasteiger charge is 2.20. The lowest BCUT2D eigenvalue weighted by Gasteiger charge is -2.18. The third kappa shape index (κ3) is 3.18. The van der Waals surface area contributed by atoms with Gasteiger partial charge in [0.15, 0.2) is 23.1 Å². The normalized spacial score (nSPS) is 10.6. The predicted molar refractivity (Wildman–Crippen MR) is 102 cm³/mol. The van der Waals surface area contributed by atoms with Crippen LogP contribution in [0.15, 0.2) is 42.5 Å². The molecule has 0 spiro atoms. The van der Waals surface area contributed by atoms with Gasteiger partial charge in [0.25, 0.3) is 0 Å². The Bertz CT molecular complexity index is 965. The van der Waals surface area contributed by atoms with Crippen molar-refractivity contribution in [2.24, 2.45) is 0 Å². The molecule has 6 heteroatoms. The summed E-state index contributed by atoms with van der Waals surface area (Å²) in [6, 6.07) is 12.5. The number of aromatic nitrogens is 1. The molecule has 0 aliphatic rings. The van der Waals surface area contributed by atoms with Gasteiger partial charge in [-0.2, -0.15) is 0 Å². The summed E-state index contributed by atoms with van der Waals surface area (Å²) >= 11 is 0. The van der Waals surface area contributed by atoms with E-state index < -0.39 is 5.82 Å². The fourth-order valence-electron chi connectivity index (χ4n) is 3.19. The van der Waals surface area contributed by atoms with Gasteiger partial charge in [0.05, 0.1) is 34.1 Å². The summed E-state index contributed by atoms with van der Waals surface area (Å²) in [6.07, 6.45) is 0. The first-order valence-corrected chi connectivity index (χ1v) is 8.37. The van der Waals surface area contributed by atoms with Crippen LogP contribution in [0, 0.1) is 12.7 Å². The lowest BCUT2D eigenvalue weighted by Crippen LogP contribution is -2.03. The first-order chi connectivity index (χ1) is 13.0. The van der Waals surface area contributed by atoms with Crippen molar-refractivity contribution in [3.63, 3.8) is 0 Å². The SMILES string of the molecule is COc1ccc(-n2c(C)ccc2-c2ccc(OC)c(OC)c2OC)cc1F. The summed E-state index contributed by atoms with van der Waals surface area (Å²) in [5.74, 6) is 1.40. The van der Waals surface area contributed by atoms with E-state index in [-0.39, 0.29) is 5.75 Å². The molecule has 0 unspecified atom stereocenters. The fourth-order valence-corrected chi connectivity index (χ4v) is 3.19. The van der Waals surface area contributed by atoms with E-state index in [1.54, 1.807) is 27.4 Å². The molecule has 0 bridgehead atoms. The Hall–Kier alpha value is -3.15. The molecule has 0 aliphatic heterocycles. The third-order valence-corrected chi connectivity index (χ3v) is 4.45. The second-order valence-corrected chi connectivity index (χ2v) is 5.90. The molecule has 3 aromatic rings. The van der Waals surface area contributed by atoms with E-state index in [0.717, 1.165) is 17.0 Å². The number of rotatable bonds is 6. The summed E-state index contributed by atoms with van der Waals surface area (Å²) in [5.41, 5.74) is 3.28. The Balaban J connectivity index is 2.22. The zero-order valence-corrected chi connectivity index (χ0v) is 16.0. The highest BCUT2D eigenvalue weighted by atomic mass is 19.1. The first kappa shape index (κ1) is 18.6. The molecule has 0 amide bonds. The van der Waals surface area contributed by atoms with Crippen LogP contribution in [0.1, 0.15) is 5.69 Å². The molecule has 0 N–H and O–H groups in total. The number of aryl methyl sites for hydroxylation is 1. The maximum absolute atomic E-state index is 14.3. The maximum atomic E-state index is 14.3. The molecule has 1 heterocycles. The molecule has 0 radical (unpaired) electrons. The molecule has 0 aliphatic carbocycles. The highest BCUT2D eigenvalue weighted by Crippen LogP contribution is 2.45. The van der Waals surface area contributed by atoms with Gasteiger partial charge >= 0.3 is 0 Å². The van der Waals surface area contributed by atoms with E-state index in [2.05, 4.69) is 0 Å². The minimum atomic E-state index is -0.423. The van der Waals surface area contributed by atoms with Crippen molar-refractivity contribution in [1.29, 1.82) is 0 Å². The van der Waals surface area contributed by atoms with Gasteiger partial charge in [-0.15, -0.1) is 0 Å². The van der Waals surface area contributed by atoms with Crippen molar-refractivity contribution in [3.8, 4) is 39.9 Å². The number of benzene rings is 2. The molecule has 0 atom stereocenters. The van der Waals surface area contributed by atoms with E-state index in [1.165, 1.54) is 13.2 Å². The highest BCUT2D eigenvalue weighted by molar-refractivity contribution is 5.76. The number of ether oxygens (including phenoxy) is 4. The lowest BCUT2D eigenvalue weighted by atomic mass is 10.1. The predicted octanol–water partition coefficient (Wildman–Crippen LogP) is 4.63. The number of hydrogen-bond acceptors (Lipinski definition) is 4. The van der Waals surface area contributed by atoms with Crippen LogP contribution < -0.4 is 18.9 Å². The molecule has 5 nitrogen and oxygen atoms in total. The molecular weight excluding hydrogens is 349 g/mol. The summed E-state index contributed by atoms with van der Waals surface area (Å²) in [7, 11) is 6.16. The van der Waals surface area contributed by atoms with Crippen molar-refractivity contribution < 1.29 is 23.3 Å². The van der Waals surface area contributed by atoms with E-state index in [0.29, 0.717) is 22.9 Å². The zero-order chi connectivity index (χ0) is 19.6. The molecule has 1 aromatic heterocycles. The smallest absolute Gasteiger partial charge is 0.203 e. The largest absolute Gasteiger partial charge is 0.494 e. The van der Waals surface area contributed by atoms with Crippen molar-refractivity contribution in [2.75, 3.05) is 28.4 Å². The number of nitrogens with zero attached hydrogens (tertiary/aromatic N) is 1. The van der Waals surface area contributed by atoms with Gasteiger partial charge in [-0.1, -0.05) is 0 Å². The van der Waals surface area contributed by atoms with Gasteiger partial charge in [-0.05, 0) is 43.3 Å². The first-order valence-electron chi connectivity index (χ1n) is 8.37. The van der Waals surface area contributed by atoms with Crippen LogP contribution in [0.2, 0.25) is 0 Å². The molecular formula is C21H22FNO4. The van der Waals surface area contributed by atoms with Gasteiger partial charge in [0.2, 0.25) is 5.75 Å². The van der Waals surface area contributed by atoms with Crippen molar-refractivity contribution in [2.45, 2.75) is 6.92 Å². The molecule has 3 rings (SSSR count). The molecule has 0 saturated heterocycles. The van der Waals surface area contributed by atoms with Crippen LogP contribution in [0.25, 0.3) is 16.9 Å². The molecule has 0 fully saturated rings. The summed E-state index contributed by atoms with van der Waals surface area (Å²) < 4.78 is 37.7. The average Bonchev–Trinajstić information content (AvgIpc) is 3.07. The maximum Gasteiger partial charge on any atom is 0.203 e. The number of methoxy groups -OCH3 is 4. The molecule has 142 valence electrons. The Kier molecular flexibility index (Phi) is 5.26. The van der Waals surface area contributed by atoms with Gasteiger partial charge < -0.3 is 23.5 Å². The quantitative estimate of drug-likeness (QED) is 0.634. The van der Waals surface area contributed by atoms with Gasteiger partial charge in [-0.3, -0.25) is 0 Å². The van der Waals surface area contributed by atoms with Gasteiger partial charge in [-0.25, -0.2) is 4.39 Å². The second kappa shape index (κ2) is 7.61. The Morgan fingerprint density at radius 1 is 0.741 bits per heavy atom. The van der Waals surface area contributed by atoms with Crippen LogP contribution in [0.5, 0.6) is 23.0 Å². The van der Waals surface area contributed by atoms with Crippen molar-refractivity contribution in [1.82, 2.24) is 4.57 Å². The summed E-state index contributed by atoms with van der Waals surface area (Å²) in [5, 5.41) is 0. The van der Waals surface area contributed by atoms with Crippen LogP contribution in [0.3, 0.4) is 0 Å². The Morgan fingerprint density at radius 3 is 2.00 bits per heavy atom. The molecule has 0 saturated carbocycles. The minimum absolute atomic E-state index is 0.203. The number of halogens is 1. The number of hydrogen-bond donors (Lipinski definition) is 0. The lowest BCUT2D eigenvalue weighted by molar-refractivity contribution is 0.325. The van der Waals surface area contributed by atoms with Crippen LogP contribution in [-0.2, 0) is 0 Å². The third-order valence-electron chi connectivity index (χ3n) is 4.45. The summed E-state index contributed by atoms with van der Waals surface area (Å²) in [4.78, 5) is 0. The summed E-state index contributed by atoms with van der Waals surface area (Å²) in [6.45, 7) is 1.96. The van der Waals surface area contributed by atoms with Crippen LogP contribution in [0.4, 0.5) is 4.39 Å². The van der Waals surface area contributed by atoms with E-state index in [4.69, 9.17) is 18.9 Å². The second-order valence-electron chi connectivity index (χ2n) is 5.90. The van der Waals surface area contributed by atoms with Crippen LogP contribution >= 0.6 is 0 Å². The standard InChI is InChI=1S/C21H22FNO4/c1-13-6-9-17(23(13)14-7-10-18(24-2)16(22)12-14)15-8-11-19(25-3)21(27-5)20(15)26-4/h6-12H,1-5H3.